The molecule has 0 saturated carbocycles. The van der Waals surface area contributed by atoms with Gasteiger partial charge in [0.05, 0.1) is 16.9 Å². The first-order valence-electron chi connectivity index (χ1n) is 6.39. The Balaban J connectivity index is 2.02. The maximum Gasteiger partial charge on any atom is 0.123 e. The molecular weight excluding hydrogens is 253 g/mol. The molecule has 0 aromatic heterocycles. The molecule has 2 rings (SSSR count). The van der Waals surface area contributed by atoms with Crippen LogP contribution in [0.4, 0.5) is 15.8 Å². The zero-order valence-electron chi connectivity index (χ0n) is 11.3. The third-order valence-electron chi connectivity index (χ3n) is 3.24. The molecule has 0 saturated heterocycles. The molecule has 0 bridgehead atoms. The fourth-order valence-corrected chi connectivity index (χ4v) is 2.09. The minimum atomic E-state index is -0.217. The van der Waals surface area contributed by atoms with Crippen LogP contribution in [0, 0.1) is 24.1 Å². The highest BCUT2D eigenvalue weighted by Crippen LogP contribution is 2.22. The summed E-state index contributed by atoms with van der Waals surface area (Å²) in [4.78, 5) is 0. The number of nitrogen functional groups attached to an aromatic ring is 1. The van der Waals surface area contributed by atoms with Gasteiger partial charge in [-0.05, 0) is 48.7 Å². The topological polar surface area (TPSA) is 61.8 Å². The summed E-state index contributed by atoms with van der Waals surface area (Å²) in [6, 6.07) is 12.2. The third-order valence-corrected chi connectivity index (χ3v) is 3.24. The number of nitrogens with zero attached hydrogens (tertiary/aromatic N) is 1. The summed E-state index contributed by atoms with van der Waals surface area (Å²) in [5.74, 6) is -0.217. The van der Waals surface area contributed by atoms with Gasteiger partial charge in [-0.25, -0.2) is 4.39 Å². The number of hydrogen-bond acceptors (Lipinski definition) is 3. The average Bonchev–Trinajstić information content (AvgIpc) is 2.43. The van der Waals surface area contributed by atoms with Gasteiger partial charge in [-0.3, -0.25) is 0 Å². The number of anilines is 2. The Bertz CT molecular complexity index is 659. The number of aryl methyl sites for hydroxylation is 1. The van der Waals surface area contributed by atoms with E-state index in [1.807, 2.05) is 13.0 Å². The molecule has 2 aromatic carbocycles. The van der Waals surface area contributed by atoms with Crippen LogP contribution in [0.1, 0.15) is 16.7 Å². The van der Waals surface area contributed by atoms with Crippen LogP contribution < -0.4 is 11.1 Å². The molecule has 0 heterocycles. The molecule has 4 heteroatoms. The van der Waals surface area contributed by atoms with Gasteiger partial charge in [0.15, 0.2) is 0 Å². The van der Waals surface area contributed by atoms with E-state index >= 15 is 0 Å². The van der Waals surface area contributed by atoms with Gasteiger partial charge in [-0.1, -0.05) is 12.1 Å². The molecule has 0 amide bonds. The predicted molar refractivity (Wildman–Crippen MR) is 78.9 cm³/mol. The molecule has 0 unspecified atom stereocenters. The van der Waals surface area contributed by atoms with Crippen molar-refractivity contribution in [2.45, 2.75) is 13.3 Å². The highest BCUT2D eigenvalue weighted by molar-refractivity contribution is 5.72. The molecule has 0 radical (unpaired) electrons. The van der Waals surface area contributed by atoms with Gasteiger partial charge in [0.2, 0.25) is 0 Å². The van der Waals surface area contributed by atoms with E-state index in [4.69, 9.17) is 11.0 Å². The number of nitrogens with two attached hydrogens (primary N) is 1. The second-order valence-corrected chi connectivity index (χ2v) is 4.63. The summed E-state index contributed by atoms with van der Waals surface area (Å²) < 4.78 is 13.0. The van der Waals surface area contributed by atoms with Crippen molar-refractivity contribution in [2.24, 2.45) is 0 Å². The molecule has 2 aromatic rings. The molecule has 0 aliphatic carbocycles. The van der Waals surface area contributed by atoms with Gasteiger partial charge in [0.25, 0.3) is 0 Å². The van der Waals surface area contributed by atoms with Crippen molar-refractivity contribution in [2.75, 3.05) is 17.6 Å². The van der Waals surface area contributed by atoms with Crippen LogP contribution in [0.15, 0.2) is 36.4 Å². The molecule has 3 nitrogen and oxygen atoms in total. The van der Waals surface area contributed by atoms with E-state index in [1.54, 1.807) is 18.2 Å². The van der Waals surface area contributed by atoms with Gasteiger partial charge in [-0.2, -0.15) is 5.26 Å². The largest absolute Gasteiger partial charge is 0.396 e. The second-order valence-electron chi connectivity index (χ2n) is 4.63. The lowest BCUT2D eigenvalue weighted by Gasteiger charge is -2.11. The number of rotatable bonds is 4. The van der Waals surface area contributed by atoms with Crippen molar-refractivity contribution in [1.29, 1.82) is 5.26 Å². The van der Waals surface area contributed by atoms with Crippen molar-refractivity contribution in [1.82, 2.24) is 0 Å². The number of halogens is 1. The summed E-state index contributed by atoms with van der Waals surface area (Å²) in [6.07, 6.45) is 0.766. The van der Waals surface area contributed by atoms with E-state index < -0.39 is 0 Å². The maximum absolute atomic E-state index is 13.0. The number of para-hydroxylation sites is 1. The quantitative estimate of drug-likeness (QED) is 0.837. The van der Waals surface area contributed by atoms with Crippen LogP contribution in [0.5, 0.6) is 0 Å². The lowest BCUT2D eigenvalue weighted by molar-refractivity contribution is 0.625. The highest BCUT2D eigenvalue weighted by atomic mass is 19.1. The van der Waals surface area contributed by atoms with E-state index in [9.17, 15) is 4.39 Å². The van der Waals surface area contributed by atoms with Gasteiger partial charge in [0, 0.05) is 6.54 Å². The number of hydrogen-bond donors (Lipinski definition) is 2. The first-order chi connectivity index (χ1) is 9.61. The first-order valence-corrected chi connectivity index (χ1v) is 6.39. The molecule has 3 N–H and O–H groups in total. The Morgan fingerprint density at radius 1 is 1.30 bits per heavy atom. The Morgan fingerprint density at radius 3 is 2.80 bits per heavy atom. The van der Waals surface area contributed by atoms with Crippen molar-refractivity contribution < 1.29 is 4.39 Å². The van der Waals surface area contributed by atoms with E-state index in [0.717, 1.165) is 23.2 Å². The monoisotopic (exact) mass is 269 g/mol. The summed E-state index contributed by atoms with van der Waals surface area (Å²) in [7, 11) is 0. The smallest absolute Gasteiger partial charge is 0.123 e. The van der Waals surface area contributed by atoms with Gasteiger partial charge >= 0.3 is 0 Å². The number of benzene rings is 2. The maximum atomic E-state index is 13.0. The van der Waals surface area contributed by atoms with Gasteiger partial charge in [-0.15, -0.1) is 0 Å². The van der Waals surface area contributed by atoms with Crippen LogP contribution in [-0.2, 0) is 6.42 Å². The second kappa shape index (κ2) is 6.07. The minimum Gasteiger partial charge on any atom is -0.396 e. The predicted octanol–water partition coefficient (Wildman–Crippen LogP) is 3.24. The van der Waals surface area contributed by atoms with Crippen molar-refractivity contribution >= 4 is 11.4 Å². The van der Waals surface area contributed by atoms with Crippen molar-refractivity contribution in [3.8, 4) is 6.07 Å². The zero-order valence-corrected chi connectivity index (χ0v) is 11.3. The minimum absolute atomic E-state index is 0.217. The number of nitriles is 1. The van der Waals surface area contributed by atoms with Crippen LogP contribution in [-0.4, -0.2) is 6.54 Å². The highest BCUT2D eigenvalue weighted by Gasteiger charge is 2.04. The van der Waals surface area contributed by atoms with Crippen LogP contribution in [0.25, 0.3) is 0 Å². The first kappa shape index (κ1) is 13.9. The van der Waals surface area contributed by atoms with E-state index in [0.29, 0.717) is 17.8 Å². The standard InChI is InChI=1S/C16H16FN3/c1-11-9-14(17)6-5-12(11)7-8-20-15-4-2-3-13(10-18)16(15)19/h2-6,9,20H,7-8,19H2,1H3. The lowest BCUT2D eigenvalue weighted by atomic mass is 10.1. The van der Waals surface area contributed by atoms with Gasteiger partial charge < -0.3 is 11.1 Å². The van der Waals surface area contributed by atoms with Crippen LogP contribution >= 0.6 is 0 Å². The van der Waals surface area contributed by atoms with Crippen molar-refractivity contribution in [3.05, 3.63) is 58.9 Å². The van der Waals surface area contributed by atoms with Gasteiger partial charge in [0.1, 0.15) is 11.9 Å². The average molecular weight is 269 g/mol. The molecule has 0 atom stereocenters. The normalized spacial score (nSPS) is 10.1. The summed E-state index contributed by atoms with van der Waals surface area (Å²) >= 11 is 0. The SMILES string of the molecule is Cc1cc(F)ccc1CCNc1cccc(C#N)c1N. The van der Waals surface area contributed by atoms with E-state index in [1.165, 1.54) is 12.1 Å². The Morgan fingerprint density at radius 2 is 2.10 bits per heavy atom. The Kier molecular flexibility index (Phi) is 4.21. The zero-order chi connectivity index (χ0) is 14.5. The molecule has 0 fully saturated rings. The molecule has 0 spiro atoms. The molecular formula is C16H16FN3. The van der Waals surface area contributed by atoms with E-state index in [2.05, 4.69) is 11.4 Å². The fraction of sp³-hybridized carbons (Fsp3) is 0.188. The Hall–Kier alpha value is -2.54. The molecule has 0 aliphatic heterocycles. The molecule has 102 valence electrons. The number of nitrogens with one attached hydrogen (secondary N) is 1. The third kappa shape index (κ3) is 3.07. The van der Waals surface area contributed by atoms with Crippen LogP contribution in [0.2, 0.25) is 0 Å². The lowest BCUT2D eigenvalue weighted by Crippen LogP contribution is -2.08. The summed E-state index contributed by atoms with van der Waals surface area (Å²) in [5.41, 5.74) is 9.60. The van der Waals surface area contributed by atoms with E-state index in [-0.39, 0.29) is 5.82 Å². The van der Waals surface area contributed by atoms with Crippen LogP contribution in [0.3, 0.4) is 0 Å². The molecule has 20 heavy (non-hydrogen) atoms. The Labute approximate surface area is 117 Å². The summed E-state index contributed by atoms with van der Waals surface area (Å²) in [6.45, 7) is 2.56. The fourth-order valence-electron chi connectivity index (χ4n) is 2.09. The molecule has 0 aliphatic rings. The summed E-state index contributed by atoms with van der Waals surface area (Å²) in [5, 5.41) is 12.1. The van der Waals surface area contributed by atoms with Crippen molar-refractivity contribution in [3.63, 3.8) is 0 Å².